The average molecular weight is 235 g/mol. The smallest absolute Gasteiger partial charge is 0.115 e. The molecule has 3 rings (SSSR count). The van der Waals surface area contributed by atoms with E-state index >= 15 is 0 Å². The molecule has 1 heterocycles. The zero-order valence-corrected chi connectivity index (χ0v) is 10.1. The third kappa shape index (κ3) is 1.93. The molecule has 3 aromatic rings. The lowest BCUT2D eigenvalue weighted by Gasteiger charge is -2.04. The topological polar surface area (TPSA) is 33.1 Å². The number of nitrogens with zero attached hydrogens (tertiary/aromatic N) is 1. The lowest BCUT2D eigenvalue weighted by Crippen LogP contribution is -1.83. The predicted molar refractivity (Wildman–Crippen MR) is 73.6 cm³/mol. The fourth-order valence-corrected chi connectivity index (χ4v) is 2.04. The first-order valence-electron chi connectivity index (χ1n) is 5.88. The Morgan fingerprint density at radius 1 is 0.889 bits per heavy atom. The van der Waals surface area contributed by atoms with Gasteiger partial charge in [0, 0.05) is 17.1 Å². The van der Waals surface area contributed by atoms with Crippen LogP contribution in [0.1, 0.15) is 5.56 Å². The van der Waals surface area contributed by atoms with Crippen LogP contribution < -0.4 is 0 Å². The Morgan fingerprint density at radius 3 is 2.44 bits per heavy atom. The van der Waals surface area contributed by atoms with Gasteiger partial charge in [0.2, 0.25) is 0 Å². The number of aryl methyl sites for hydroxylation is 1. The van der Waals surface area contributed by atoms with Gasteiger partial charge in [0.1, 0.15) is 5.75 Å². The second-order valence-corrected chi connectivity index (χ2v) is 4.47. The molecule has 0 radical (unpaired) electrons. The highest BCUT2D eigenvalue weighted by atomic mass is 16.3. The van der Waals surface area contributed by atoms with Gasteiger partial charge in [-0.1, -0.05) is 24.3 Å². The molecule has 0 amide bonds. The van der Waals surface area contributed by atoms with E-state index in [-0.39, 0.29) is 5.75 Å². The molecule has 0 aliphatic carbocycles. The van der Waals surface area contributed by atoms with Gasteiger partial charge >= 0.3 is 0 Å². The van der Waals surface area contributed by atoms with E-state index in [1.807, 2.05) is 18.3 Å². The molecule has 0 atom stereocenters. The SMILES string of the molecule is Cc1ccc2cc(-c3ccc(O)cc3)cnc2c1. The van der Waals surface area contributed by atoms with Crippen LogP contribution in [0.5, 0.6) is 5.75 Å². The minimum Gasteiger partial charge on any atom is -0.508 e. The Labute approximate surface area is 106 Å². The fraction of sp³-hybridized carbons (Fsp3) is 0.0625. The minimum absolute atomic E-state index is 0.281. The normalized spacial score (nSPS) is 10.7. The summed E-state index contributed by atoms with van der Waals surface area (Å²) in [6.07, 6.45) is 1.87. The summed E-state index contributed by atoms with van der Waals surface area (Å²) in [5.41, 5.74) is 4.35. The van der Waals surface area contributed by atoms with Crippen molar-refractivity contribution in [3.05, 3.63) is 60.3 Å². The Balaban J connectivity index is 2.13. The van der Waals surface area contributed by atoms with Gasteiger partial charge in [0.15, 0.2) is 0 Å². The van der Waals surface area contributed by atoms with Crippen LogP contribution in [0, 0.1) is 6.92 Å². The number of pyridine rings is 1. The van der Waals surface area contributed by atoms with Crippen LogP contribution in [-0.2, 0) is 0 Å². The van der Waals surface area contributed by atoms with E-state index in [0.717, 1.165) is 22.0 Å². The number of benzene rings is 2. The van der Waals surface area contributed by atoms with Crippen molar-refractivity contribution in [2.45, 2.75) is 6.92 Å². The van der Waals surface area contributed by atoms with Gasteiger partial charge in [-0.25, -0.2) is 0 Å². The van der Waals surface area contributed by atoms with E-state index in [9.17, 15) is 5.11 Å². The summed E-state index contributed by atoms with van der Waals surface area (Å²) in [7, 11) is 0. The van der Waals surface area contributed by atoms with Crippen molar-refractivity contribution in [3.8, 4) is 16.9 Å². The van der Waals surface area contributed by atoms with E-state index in [2.05, 4.69) is 36.2 Å². The van der Waals surface area contributed by atoms with Crippen molar-refractivity contribution < 1.29 is 5.11 Å². The Bertz CT molecular complexity index is 702. The third-order valence-corrected chi connectivity index (χ3v) is 3.04. The maximum Gasteiger partial charge on any atom is 0.115 e. The Kier molecular flexibility index (Phi) is 2.49. The van der Waals surface area contributed by atoms with Gasteiger partial charge in [-0.05, 0) is 42.3 Å². The molecular formula is C16H13NO. The zero-order valence-electron chi connectivity index (χ0n) is 10.1. The molecule has 0 aliphatic heterocycles. The van der Waals surface area contributed by atoms with Crippen LogP contribution in [0.2, 0.25) is 0 Å². The van der Waals surface area contributed by atoms with Gasteiger partial charge in [0.25, 0.3) is 0 Å². The predicted octanol–water partition coefficient (Wildman–Crippen LogP) is 3.92. The third-order valence-electron chi connectivity index (χ3n) is 3.04. The summed E-state index contributed by atoms with van der Waals surface area (Å²) in [4.78, 5) is 4.48. The molecule has 0 fully saturated rings. The number of aromatic nitrogens is 1. The summed E-state index contributed by atoms with van der Waals surface area (Å²) in [6.45, 7) is 2.06. The van der Waals surface area contributed by atoms with E-state index in [4.69, 9.17) is 0 Å². The van der Waals surface area contributed by atoms with Crippen molar-refractivity contribution in [2.24, 2.45) is 0 Å². The summed E-state index contributed by atoms with van der Waals surface area (Å²) >= 11 is 0. The van der Waals surface area contributed by atoms with Gasteiger partial charge in [-0.2, -0.15) is 0 Å². The highest BCUT2D eigenvalue weighted by Gasteiger charge is 2.01. The summed E-state index contributed by atoms with van der Waals surface area (Å²) in [6, 6.07) is 15.5. The molecule has 0 saturated heterocycles. The maximum atomic E-state index is 9.29. The highest BCUT2D eigenvalue weighted by molar-refractivity contribution is 5.84. The fourth-order valence-electron chi connectivity index (χ4n) is 2.04. The van der Waals surface area contributed by atoms with E-state index in [0.29, 0.717) is 0 Å². The number of phenolic OH excluding ortho intramolecular Hbond substituents is 1. The van der Waals surface area contributed by atoms with Crippen LogP contribution in [-0.4, -0.2) is 10.1 Å². The first kappa shape index (κ1) is 10.8. The molecule has 2 heteroatoms. The highest BCUT2D eigenvalue weighted by Crippen LogP contribution is 2.24. The summed E-state index contributed by atoms with van der Waals surface area (Å²) in [5.74, 6) is 0.281. The number of phenols is 1. The Morgan fingerprint density at radius 2 is 1.67 bits per heavy atom. The largest absolute Gasteiger partial charge is 0.508 e. The van der Waals surface area contributed by atoms with Gasteiger partial charge < -0.3 is 5.11 Å². The molecule has 0 unspecified atom stereocenters. The lowest BCUT2D eigenvalue weighted by atomic mass is 10.0. The second kappa shape index (κ2) is 4.15. The molecule has 1 N–H and O–H groups in total. The van der Waals surface area contributed by atoms with Crippen molar-refractivity contribution in [3.63, 3.8) is 0 Å². The zero-order chi connectivity index (χ0) is 12.5. The number of fused-ring (bicyclic) bond motifs is 1. The van der Waals surface area contributed by atoms with Crippen molar-refractivity contribution >= 4 is 10.9 Å². The molecule has 1 aromatic heterocycles. The van der Waals surface area contributed by atoms with Crippen LogP contribution in [0.25, 0.3) is 22.0 Å². The monoisotopic (exact) mass is 235 g/mol. The van der Waals surface area contributed by atoms with E-state index < -0.39 is 0 Å². The Hall–Kier alpha value is -2.35. The second-order valence-electron chi connectivity index (χ2n) is 4.47. The molecule has 0 bridgehead atoms. The van der Waals surface area contributed by atoms with Crippen molar-refractivity contribution in [2.75, 3.05) is 0 Å². The number of rotatable bonds is 1. The van der Waals surface area contributed by atoms with Crippen LogP contribution in [0.4, 0.5) is 0 Å². The van der Waals surface area contributed by atoms with Gasteiger partial charge in [0.05, 0.1) is 5.52 Å². The molecule has 2 nitrogen and oxygen atoms in total. The summed E-state index contributed by atoms with van der Waals surface area (Å²) in [5, 5.41) is 10.4. The number of hydrogen-bond acceptors (Lipinski definition) is 2. The van der Waals surface area contributed by atoms with Crippen LogP contribution in [0.15, 0.2) is 54.7 Å². The standard InChI is InChI=1S/C16H13NO/c1-11-2-3-13-9-14(10-17-16(13)8-11)12-4-6-15(18)7-5-12/h2-10,18H,1H3. The van der Waals surface area contributed by atoms with E-state index in [1.165, 1.54) is 5.56 Å². The van der Waals surface area contributed by atoms with E-state index in [1.54, 1.807) is 12.1 Å². The first-order valence-corrected chi connectivity index (χ1v) is 5.88. The molecule has 0 saturated carbocycles. The van der Waals surface area contributed by atoms with Crippen molar-refractivity contribution in [1.82, 2.24) is 4.98 Å². The van der Waals surface area contributed by atoms with Crippen molar-refractivity contribution in [1.29, 1.82) is 0 Å². The molecular weight excluding hydrogens is 222 g/mol. The quantitative estimate of drug-likeness (QED) is 0.693. The summed E-state index contributed by atoms with van der Waals surface area (Å²) < 4.78 is 0. The van der Waals surface area contributed by atoms with Gasteiger partial charge in [-0.15, -0.1) is 0 Å². The minimum atomic E-state index is 0.281. The molecule has 0 aliphatic rings. The first-order chi connectivity index (χ1) is 8.72. The molecule has 88 valence electrons. The average Bonchev–Trinajstić information content (AvgIpc) is 2.39. The van der Waals surface area contributed by atoms with Crippen LogP contribution in [0.3, 0.4) is 0 Å². The van der Waals surface area contributed by atoms with Gasteiger partial charge in [-0.3, -0.25) is 4.98 Å². The van der Waals surface area contributed by atoms with Crippen LogP contribution >= 0.6 is 0 Å². The molecule has 2 aromatic carbocycles. The maximum absolute atomic E-state index is 9.29. The number of aromatic hydroxyl groups is 1. The lowest BCUT2D eigenvalue weighted by molar-refractivity contribution is 0.475. The molecule has 18 heavy (non-hydrogen) atoms. The number of hydrogen-bond donors (Lipinski definition) is 1. The molecule has 0 spiro atoms.